The normalized spacial score (nSPS) is 22.4. The first kappa shape index (κ1) is 14.7. The molecule has 19 heavy (non-hydrogen) atoms. The fourth-order valence-corrected chi connectivity index (χ4v) is 2.56. The number of likely N-dealkylation sites (N-methyl/N-ethyl adjacent to an activating group) is 2. The molecular weight excluding hydrogens is 267 g/mol. The molecular formula is C14H20ClFN2O. The molecule has 106 valence electrons. The van der Waals surface area contributed by atoms with Gasteiger partial charge in [0.2, 0.25) is 0 Å². The maximum absolute atomic E-state index is 13.8. The minimum absolute atomic E-state index is 0.0822. The zero-order valence-corrected chi connectivity index (χ0v) is 12.1. The van der Waals surface area contributed by atoms with Crippen molar-refractivity contribution in [1.29, 1.82) is 0 Å². The lowest BCUT2D eigenvalue weighted by Gasteiger charge is -2.35. The Kier molecular flexibility index (Phi) is 5.16. The smallest absolute Gasteiger partial charge is 0.127 e. The van der Waals surface area contributed by atoms with E-state index in [1.54, 1.807) is 12.1 Å². The molecule has 1 aliphatic heterocycles. The van der Waals surface area contributed by atoms with Gasteiger partial charge in [0.1, 0.15) is 5.82 Å². The average Bonchev–Trinajstić information content (AvgIpc) is 2.38. The Balaban J connectivity index is 2.05. The number of halogens is 2. The first-order valence-corrected chi connectivity index (χ1v) is 6.89. The predicted molar refractivity (Wildman–Crippen MR) is 75.2 cm³/mol. The first-order valence-electron chi connectivity index (χ1n) is 6.51. The molecule has 1 aromatic rings. The zero-order chi connectivity index (χ0) is 13.8. The van der Waals surface area contributed by atoms with E-state index in [2.05, 4.69) is 17.3 Å². The Morgan fingerprint density at radius 1 is 1.58 bits per heavy atom. The Hall–Kier alpha value is -0.680. The van der Waals surface area contributed by atoms with Gasteiger partial charge in [-0.3, -0.25) is 0 Å². The van der Waals surface area contributed by atoms with Gasteiger partial charge in [-0.1, -0.05) is 17.7 Å². The van der Waals surface area contributed by atoms with Crippen molar-refractivity contribution in [3.05, 3.63) is 34.6 Å². The maximum atomic E-state index is 13.8. The highest BCUT2D eigenvalue weighted by atomic mass is 35.5. The lowest BCUT2D eigenvalue weighted by atomic mass is 10.00. The van der Waals surface area contributed by atoms with Crippen LogP contribution in [0.4, 0.5) is 4.39 Å². The number of ether oxygens (including phenoxy) is 1. The molecule has 2 atom stereocenters. The van der Waals surface area contributed by atoms with E-state index in [0.29, 0.717) is 17.0 Å². The van der Waals surface area contributed by atoms with Gasteiger partial charge in [-0.2, -0.15) is 0 Å². The Morgan fingerprint density at radius 2 is 2.37 bits per heavy atom. The van der Waals surface area contributed by atoms with Crippen LogP contribution in [0, 0.1) is 5.82 Å². The van der Waals surface area contributed by atoms with E-state index in [1.807, 2.05) is 7.05 Å². The summed E-state index contributed by atoms with van der Waals surface area (Å²) < 4.78 is 19.6. The summed E-state index contributed by atoms with van der Waals surface area (Å²) in [7, 11) is 3.96. The summed E-state index contributed by atoms with van der Waals surface area (Å²) in [6.07, 6.45) is 0.677. The van der Waals surface area contributed by atoms with E-state index >= 15 is 0 Å². The summed E-state index contributed by atoms with van der Waals surface area (Å²) in [5, 5.41) is 3.66. The molecule has 0 aliphatic carbocycles. The summed E-state index contributed by atoms with van der Waals surface area (Å²) in [5.74, 6) is -0.253. The molecule has 1 heterocycles. The van der Waals surface area contributed by atoms with E-state index in [1.165, 1.54) is 6.07 Å². The molecule has 0 amide bonds. The van der Waals surface area contributed by atoms with Crippen LogP contribution in [0.5, 0.6) is 0 Å². The van der Waals surface area contributed by atoms with Crippen LogP contribution in [0.2, 0.25) is 5.02 Å². The number of benzene rings is 1. The summed E-state index contributed by atoms with van der Waals surface area (Å²) in [5.41, 5.74) is 0.667. The number of nitrogens with one attached hydrogen (secondary N) is 1. The molecule has 1 N–H and O–H groups in total. The Morgan fingerprint density at radius 3 is 3.00 bits per heavy atom. The molecule has 1 saturated heterocycles. The third kappa shape index (κ3) is 3.89. The van der Waals surface area contributed by atoms with Crippen LogP contribution < -0.4 is 5.32 Å². The van der Waals surface area contributed by atoms with Crippen LogP contribution in [0.3, 0.4) is 0 Å². The van der Waals surface area contributed by atoms with Crippen molar-refractivity contribution in [1.82, 2.24) is 10.2 Å². The molecule has 0 spiro atoms. The predicted octanol–water partition coefficient (Wildman–Crippen LogP) is 1.94. The summed E-state index contributed by atoms with van der Waals surface area (Å²) >= 11 is 5.77. The van der Waals surface area contributed by atoms with Crippen LogP contribution in [-0.2, 0) is 11.2 Å². The SMILES string of the molecule is CNC(Cc1ccc(Cl)cc1F)C1CN(C)CCO1. The van der Waals surface area contributed by atoms with Crippen LogP contribution in [0.1, 0.15) is 5.56 Å². The molecule has 0 radical (unpaired) electrons. The highest BCUT2D eigenvalue weighted by molar-refractivity contribution is 6.30. The second-order valence-electron chi connectivity index (χ2n) is 5.01. The van der Waals surface area contributed by atoms with E-state index in [0.717, 1.165) is 19.7 Å². The molecule has 5 heteroatoms. The molecule has 0 aromatic heterocycles. The van der Waals surface area contributed by atoms with Crippen molar-refractivity contribution in [3.8, 4) is 0 Å². The highest BCUT2D eigenvalue weighted by Crippen LogP contribution is 2.18. The second kappa shape index (κ2) is 6.66. The number of hydrogen-bond acceptors (Lipinski definition) is 3. The van der Waals surface area contributed by atoms with Gasteiger partial charge in [0.25, 0.3) is 0 Å². The third-order valence-electron chi connectivity index (χ3n) is 3.57. The monoisotopic (exact) mass is 286 g/mol. The van der Waals surface area contributed by atoms with Gasteiger partial charge in [-0.15, -0.1) is 0 Å². The molecule has 1 aromatic carbocycles. The van der Waals surface area contributed by atoms with E-state index < -0.39 is 0 Å². The quantitative estimate of drug-likeness (QED) is 0.915. The summed E-state index contributed by atoms with van der Waals surface area (Å²) in [6, 6.07) is 4.92. The fraction of sp³-hybridized carbons (Fsp3) is 0.571. The van der Waals surface area contributed by atoms with Crippen molar-refractivity contribution in [2.45, 2.75) is 18.6 Å². The summed E-state index contributed by atoms with van der Waals surface area (Å²) in [6.45, 7) is 2.53. The Labute approximate surface area is 118 Å². The van der Waals surface area contributed by atoms with E-state index in [4.69, 9.17) is 16.3 Å². The minimum Gasteiger partial charge on any atom is -0.374 e. The fourth-order valence-electron chi connectivity index (χ4n) is 2.40. The zero-order valence-electron chi connectivity index (χ0n) is 11.3. The molecule has 2 rings (SSSR count). The van der Waals surface area contributed by atoms with Crippen molar-refractivity contribution in [2.24, 2.45) is 0 Å². The number of nitrogens with zero attached hydrogens (tertiary/aromatic N) is 1. The molecule has 0 saturated carbocycles. The van der Waals surface area contributed by atoms with Crippen molar-refractivity contribution < 1.29 is 9.13 Å². The van der Waals surface area contributed by atoms with Gasteiger partial charge < -0.3 is 15.0 Å². The number of morpholine rings is 1. The first-order chi connectivity index (χ1) is 9.10. The standard InChI is InChI=1S/C14H20ClFN2O/c1-17-13(14-9-18(2)5-6-19-14)7-10-3-4-11(15)8-12(10)16/h3-4,8,13-14,17H,5-7,9H2,1-2H3. The van der Waals surface area contributed by atoms with Crippen LogP contribution in [0.25, 0.3) is 0 Å². The van der Waals surface area contributed by atoms with E-state index in [-0.39, 0.29) is 18.0 Å². The van der Waals surface area contributed by atoms with Crippen LogP contribution in [-0.4, -0.2) is 50.8 Å². The van der Waals surface area contributed by atoms with Gasteiger partial charge in [0.05, 0.1) is 12.7 Å². The molecule has 1 fully saturated rings. The lowest BCUT2D eigenvalue weighted by Crippen LogP contribution is -2.51. The van der Waals surface area contributed by atoms with Crippen molar-refractivity contribution in [2.75, 3.05) is 33.8 Å². The van der Waals surface area contributed by atoms with Crippen LogP contribution >= 0.6 is 11.6 Å². The second-order valence-corrected chi connectivity index (χ2v) is 5.44. The molecule has 1 aliphatic rings. The Bertz CT molecular complexity index is 430. The molecule has 3 nitrogen and oxygen atoms in total. The maximum Gasteiger partial charge on any atom is 0.127 e. The van der Waals surface area contributed by atoms with Gasteiger partial charge in [0, 0.05) is 24.2 Å². The largest absolute Gasteiger partial charge is 0.374 e. The minimum atomic E-state index is -0.253. The van der Waals surface area contributed by atoms with E-state index in [9.17, 15) is 4.39 Å². The molecule has 2 unspecified atom stereocenters. The van der Waals surface area contributed by atoms with Gasteiger partial charge >= 0.3 is 0 Å². The van der Waals surface area contributed by atoms with Gasteiger partial charge in [-0.25, -0.2) is 4.39 Å². The summed E-state index contributed by atoms with van der Waals surface area (Å²) in [4.78, 5) is 2.23. The van der Waals surface area contributed by atoms with Crippen molar-refractivity contribution in [3.63, 3.8) is 0 Å². The average molecular weight is 287 g/mol. The highest BCUT2D eigenvalue weighted by Gasteiger charge is 2.26. The van der Waals surface area contributed by atoms with Crippen LogP contribution in [0.15, 0.2) is 18.2 Å². The van der Waals surface area contributed by atoms with Gasteiger partial charge in [-0.05, 0) is 38.2 Å². The number of hydrogen-bond donors (Lipinski definition) is 1. The number of rotatable bonds is 4. The van der Waals surface area contributed by atoms with Gasteiger partial charge in [0.15, 0.2) is 0 Å². The van der Waals surface area contributed by atoms with Crippen molar-refractivity contribution >= 4 is 11.6 Å². The molecule has 0 bridgehead atoms. The topological polar surface area (TPSA) is 24.5 Å². The third-order valence-corrected chi connectivity index (χ3v) is 3.81. The lowest BCUT2D eigenvalue weighted by molar-refractivity contribution is -0.0373.